The van der Waals surface area contributed by atoms with E-state index in [2.05, 4.69) is 35.0 Å². The highest BCUT2D eigenvalue weighted by atomic mass is 35.5. The number of nitrogens with one attached hydrogen (secondary N) is 1. The van der Waals surface area contributed by atoms with E-state index in [4.69, 9.17) is 11.6 Å². The summed E-state index contributed by atoms with van der Waals surface area (Å²) in [5.74, 6) is -0.883. The number of carbonyl (C=O) groups is 1. The second-order valence-corrected chi connectivity index (χ2v) is 7.57. The van der Waals surface area contributed by atoms with Crippen LogP contribution < -0.4 is 5.32 Å². The zero-order valence-electron chi connectivity index (χ0n) is 16.4. The third-order valence-electron chi connectivity index (χ3n) is 5.09. The van der Waals surface area contributed by atoms with Crippen molar-refractivity contribution in [2.75, 3.05) is 0 Å². The van der Waals surface area contributed by atoms with Gasteiger partial charge in [0.1, 0.15) is 0 Å². The minimum absolute atomic E-state index is 0.397. The van der Waals surface area contributed by atoms with Gasteiger partial charge in [-0.3, -0.25) is 0 Å². The third-order valence-corrected chi connectivity index (χ3v) is 5.34. The van der Waals surface area contributed by atoms with Gasteiger partial charge in [0.15, 0.2) is 0 Å². The predicted molar refractivity (Wildman–Crippen MR) is 113 cm³/mol. The minimum Gasteiger partial charge on any atom is -0.478 e. The molecule has 0 fully saturated rings. The van der Waals surface area contributed by atoms with Crippen molar-refractivity contribution in [1.82, 2.24) is 9.88 Å². The van der Waals surface area contributed by atoms with Crippen LogP contribution >= 0.6 is 11.6 Å². The van der Waals surface area contributed by atoms with Crippen molar-refractivity contribution in [3.05, 3.63) is 92.8 Å². The molecule has 0 radical (unpaired) electrons. The largest absolute Gasteiger partial charge is 0.478 e. The summed E-state index contributed by atoms with van der Waals surface area (Å²) in [4.78, 5) is 11.9. The van der Waals surface area contributed by atoms with Crippen LogP contribution in [0.1, 0.15) is 44.0 Å². The van der Waals surface area contributed by atoms with Crippen molar-refractivity contribution in [2.45, 2.75) is 40.4 Å². The third kappa shape index (κ3) is 4.46. The van der Waals surface area contributed by atoms with Gasteiger partial charge in [-0.25, -0.2) is 4.79 Å². The Hall–Kier alpha value is -2.56. The molecule has 0 aliphatic carbocycles. The number of aromatic carboxylic acids is 1. The second-order valence-electron chi connectivity index (χ2n) is 7.13. The van der Waals surface area contributed by atoms with Crippen molar-refractivity contribution >= 4 is 17.6 Å². The average Bonchev–Trinajstić information content (AvgIpc) is 2.88. The molecule has 0 unspecified atom stereocenters. The number of carboxylic acids is 1. The number of nitrogens with zero attached hydrogens (tertiary/aromatic N) is 1. The highest BCUT2D eigenvalue weighted by molar-refractivity contribution is 6.30. The fourth-order valence-corrected chi connectivity index (χ4v) is 3.74. The van der Waals surface area contributed by atoms with E-state index in [-0.39, 0.29) is 0 Å². The number of hydrogen-bond acceptors (Lipinski definition) is 2. The molecule has 1 heterocycles. The van der Waals surface area contributed by atoms with Crippen LogP contribution in [-0.4, -0.2) is 15.6 Å². The van der Waals surface area contributed by atoms with Gasteiger partial charge in [-0.1, -0.05) is 53.6 Å². The molecule has 0 amide bonds. The van der Waals surface area contributed by atoms with Crippen LogP contribution in [0.15, 0.2) is 48.5 Å². The zero-order chi connectivity index (χ0) is 20.3. The zero-order valence-corrected chi connectivity index (χ0v) is 17.2. The van der Waals surface area contributed by atoms with Gasteiger partial charge >= 0.3 is 5.97 Å². The van der Waals surface area contributed by atoms with Crippen LogP contribution in [0.2, 0.25) is 5.02 Å². The SMILES string of the molecule is Cc1cccc(Cn2c(C)c(CNCc3ccc(Cl)cc3)c(C(=O)O)c2C)c1. The molecule has 0 saturated heterocycles. The molecule has 146 valence electrons. The monoisotopic (exact) mass is 396 g/mol. The van der Waals surface area contributed by atoms with Crippen LogP contribution in [-0.2, 0) is 19.6 Å². The molecule has 0 bridgehead atoms. The summed E-state index contributed by atoms with van der Waals surface area (Å²) in [5, 5.41) is 13.9. The Kier molecular flexibility index (Phi) is 6.22. The molecule has 2 aromatic carbocycles. The number of aryl methyl sites for hydroxylation is 1. The van der Waals surface area contributed by atoms with Gasteiger partial charge in [-0.2, -0.15) is 0 Å². The van der Waals surface area contributed by atoms with E-state index < -0.39 is 5.97 Å². The van der Waals surface area contributed by atoms with Crippen LogP contribution in [0.25, 0.3) is 0 Å². The Morgan fingerprint density at radius 2 is 1.71 bits per heavy atom. The van der Waals surface area contributed by atoms with E-state index in [1.807, 2.05) is 44.2 Å². The second kappa shape index (κ2) is 8.63. The van der Waals surface area contributed by atoms with Crippen LogP contribution in [0.5, 0.6) is 0 Å². The van der Waals surface area contributed by atoms with Crippen LogP contribution in [0.4, 0.5) is 0 Å². The number of hydrogen-bond donors (Lipinski definition) is 2. The normalized spacial score (nSPS) is 11.0. The first kappa shape index (κ1) is 20.2. The Bertz CT molecular complexity index is 991. The van der Waals surface area contributed by atoms with Crippen molar-refractivity contribution in [1.29, 1.82) is 0 Å². The molecule has 2 N–H and O–H groups in total. The minimum atomic E-state index is -0.883. The summed E-state index contributed by atoms with van der Waals surface area (Å²) < 4.78 is 2.09. The van der Waals surface area contributed by atoms with Gasteiger partial charge in [0.2, 0.25) is 0 Å². The van der Waals surface area contributed by atoms with Gasteiger partial charge in [0, 0.05) is 41.6 Å². The maximum atomic E-state index is 11.9. The van der Waals surface area contributed by atoms with Crippen molar-refractivity contribution < 1.29 is 9.90 Å². The first-order chi connectivity index (χ1) is 13.4. The Labute approximate surface area is 170 Å². The van der Waals surface area contributed by atoms with Crippen molar-refractivity contribution in [3.63, 3.8) is 0 Å². The molecular weight excluding hydrogens is 372 g/mol. The lowest BCUT2D eigenvalue weighted by atomic mass is 10.1. The Morgan fingerprint density at radius 3 is 2.36 bits per heavy atom. The molecular formula is C23H25ClN2O2. The topological polar surface area (TPSA) is 54.3 Å². The van der Waals surface area contributed by atoms with E-state index in [0.29, 0.717) is 30.2 Å². The molecule has 28 heavy (non-hydrogen) atoms. The smallest absolute Gasteiger partial charge is 0.337 e. The van der Waals surface area contributed by atoms with E-state index in [0.717, 1.165) is 22.5 Å². The molecule has 5 heteroatoms. The Morgan fingerprint density at radius 1 is 1.00 bits per heavy atom. The first-order valence-corrected chi connectivity index (χ1v) is 9.67. The maximum Gasteiger partial charge on any atom is 0.337 e. The van der Waals surface area contributed by atoms with Gasteiger partial charge in [-0.05, 0) is 44.0 Å². The van der Waals surface area contributed by atoms with Gasteiger partial charge in [0.25, 0.3) is 0 Å². The molecule has 1 aromatic heterocycles. The van der Waals surface area contributed by atoms with E-state index in [1.54, 1.807) is 0 Å². The average molecular weight is 397 g/mol. The van der Waals surface area contributed by atoms with Gasteiger partial charge in [-0.15, -0.1) is 0 Å². The number of halogens is 1. The number of rotatable bonds is 7. The lowest BCUT2D eigenvalue weighted by Crippen LogP contribution is -2.15. The van der Waals surface area contributed by atoms with Crippen LogP contribution in [0.3, 0.4) is 0 Å². The first-order valence-electron chi connectivity index (χ1n) is 9.29. The molecule has 4 nitrogen and oxygen atoms in total. The highest BCUT2D eigenvalue weighted by Gasteiger charge is 2.22. The fraction of sp³-hybridized carbons (Fsp3) is 0.261. The molecule has 0 aliphatic heterocycles. The molecule has 0 aliphatic rings. The number of carboxylic acid groups (broad SMARTS) is 1. The standard InChI is InChI=1S/C23H25ClN2O2/c1-15-5-4-6-19(11-15)14-26-16(2)21(22(17(26)3)23(27)28)13-25-12-18-7-9-20(24)10-8-18/h4-11,25H,12-14H2,1-3H3,(H,27,28). The quantitative estimate of drug-likeness (QED) is 0.584. The van der Waals surface area contributed by atoms with Crippen molar-refractivity contribution in [2.24, 2.45) is 0 Å². The maximum absolute atomic E-state index is 11.9. The van der Waals surface area contributed by atoms with Crippen molar-refractivity contribution in [3.8, 4) is 0 Å². The lowest BCUT2D eigenvalue weighted by Gasteiger charge is -2.11. The van der Waals surface area contributed by atoms with Gasteiger partial charge < -0.3 is 15.0 Å². The summed E-state index contributed by atoms with van der Waals surface area (Å²) in [6.07, 6.45) is 0. The molecule has 0 atom stereocenters. The summed E-state index contributed by atoms with van der Waals surface area (Å²) in [6, 6.07) is 16.0. The highest BCUT2D eigenvalue weighted by Crippen LogP contribution is 2.24. The van der Waals surface area contributed by atoms with E-state index in [1.165, 1.54) is 11.1 Å². The molecule has 0 spiro atoms. The van der Waals surface area contributed by atoms with E-state index in [9.17, 15) is 9.90 Å². The summed E-state index contributed by atoms with van der Waals surface area (Å²) in [5.41, 5.74) is 6.48. The number of aromatic nitrogens is 1. The molecule has 3 rings (SSSR count). The van der Waals surface area contributed by atoms with Gasteiger partial charge in [0.05, 0.1) is 5.56 Å². The van der Waals surface area contributed by atoms with E-state index >= 15 is 0 Å². The summed E-state index contributed by atoms with van der Waals surface area (Å²) in [7, 11) is 0. The summed E-state index contributed by atoms with van der Waals surface area (Å²) in [6.45, 7) is 7.75. The number of benzene rings is 2. The Balaban J connectivity index is 1.83. The lowest BCUT2D eigenvalue weighted by molar-refractivity contribution is 0.0694. The van der Waals surface area contributed by atoms with Crippen LogP contribution in [0, 0.1) is 20.8 Å². The fourth-order valence-electron chi connectivity index (χ4n) is 3.61. The molecule has 0 saturated carbocycles. The predicted octanol–water partition coefficient (Wildman–Crippen LogP) is 5.10. The molecule has 3 aromatic rings. The summed E-state index contributed by atoms with van der Waals surface area (Å²) >= 11 is 5.93.